The molecule has 0 aromatic carbocycles. The van der Waals surface area contributed by atoms with Gasteiger partial charge in [-0.2, -0.15) is 0 Å². The second-order valence-corrected chi connectivity index (χ2v) is 21.3. The van der Waals surface area contributed by atoms with Crippen molar-refractivity contribution in [3.63, 3.8) is 0 Å². The number of hydrogen-bond donors (Lipinski definition) is 0. The van der Waals surface area contributed by atoms with Crippen LogP contribution in [0.4, 0.5) is 0 Å². The quantitative estimate of drug-likeness (QED) is 0.0261. The average Bonchev–Trinajstić information content (AvgIpc) is 3.42. The van der Waals surface area contributed by atoms with Gasteiger partial charge in [0.25, 0.3) is 0 Å². The van der Waals surface area contributed by atoms with Crippen molar-refractivity contribution in [1.82, 2.24) is 0 Å². The predicted octanol–water partition coefficient (Wildman–Crippen LogP) is 22.0. The molecule has 0 aromatic heterocycles. The van der Waals surface area contributed by atoms with E-state index in [0.29, 0.717) is 19.3 Å². The van der Waals surface area contributed by atoms with Crippen LogP contribution in [0.3, 0.4) is 0 Å². The standard InChI is InChI=1S/C70H120O6/c1-4-7-10-13-16-19-22-25-27-29-30-31-32-33-34-35-36-37-38-39-40-41-43-45-48-51-54-57-60-63-69(72)75-66-67(65-74-68(71)62-59-56-53-50-47-44-24-21-18-15-12-9-6-3)76-70(73)64-61-58-55-52-49-46-42-28-26-23-20-17-14-11-8-5-2/h9,12,18,20-23,25,28-30,42,44,47,53,56,67H,4-8,10-11,13-17,19,24,26-27,31-41,43,45-46,48-52,54-55,57-66H2,1-3H3/b12-9-,21-18-,23-20-,25-22-,30-29-,42-28-,47-44-,56-53-. The lowest BCUT2D eigenvalue weighted by molar-refractivity contribution is -0.166. The molecule has 0 fully saturated rings. The molecular formula is C70H120O6. The summed E-state index contributed by atoms with van der Waals surface area (Å²) in [7, 11) is 0. The van der Waals surface area contributed by atoms with E-state index in [0.717, 1.165) is 96.3 Å². The van der Waals surface area contributed by atoms with Crippen LogP contribution in [0, 0.1) is 0 Å². The topological polar surface area (TPSA) is 78.9 Å². The Bertz CT molecular complexity index is 1490. The van der Waals surface area contributed by atoms with Crippen molar-refractivity contribution in [2.75, 3.05) is 13.2 Å². The van der Waals surface area contributed by atoms with E-state index in [1.807, 2.05) is 6.08 Å². The zero-order valence-electron chi connectivity index (χ0n) is 50.0. The van der Waals surface area contributed by atoms with Crippen molar-refractivity contribution in [2.45, 2.75) is 316 Å². The number of esters is 3. The molecule has 0 aliphatic carbocycles. The number of unbranched alkanes of at least 4 members (excludes halogenated alkanes) is 31. The van der Waals surface area contributed by atoms with Crippen LogP contribution in [0.1, 0.15) is 310 Å². The molecule has 436 valence electrons. The third kappa shape index (κ3) is 61.2. The van der Waals surface area contributed by atoms with Gasteiger partial charge in [0.15, 0.2) is 6.10 Å². The normalized spacial score (nSPS) is 12.7. The molecule has 0 bridgehead atoms. The Labute approximate surface area is 470 Å². The highest BCUT2D eigenvalue weighted by atomic mass is 16.6. The van der Waals surface area contributed by atoms with E-state index in [2.05, 4.69) is 112 Å². The lowest BCUT2D eigenvalue weighted by Gasteiger charge is -2.18. The maximum atomic E-state index is 12.9. The lowest BCUT2D eigenvalue weighted by atomic mass is 10.0. The minimum absolute atomic E-state index is 0.104. The molecule has 0 radical (unpaired) electrons. The second kappa shape index (κ2) is 63.9. The predicted molar refractivity (Wildman–Crippen MR) is 330 cm³/mol. The summed E-state index contributed by atoms with van der Waals surface area (Å²) in [6.45, 7) is 6.44. The van der Waals surface area contributed by atoms with Gasteiger partial charge in [-0.25, -0.2) is 0 Å². The van der Waals surface area contributed by atoms with Crippen LogP contribution >= 0.6 is 0 Å². The molecule has 0 N–H and O–H groups in total. The van der Waals surface area contributed by atoms with Gasteiger partial charge < -0.3 is 14.2 Å². The maximum Gasteiger partial charge on any atom is 0.306 e. The first-order chi connectivity index (χ1) is 37.5. The van der Waals surface area contributed by atoms with E-state index < -0.39 is 6.10 Å². The third-order valence-electron chi connectivity index (χ3n) is 13.8. The Morgan fingerprint density at radius 1 is 0.276 bits per heavy atom. The summed E-state index contributed by atoms with van der Waals surface area (Å²) in [6.07, 6.45) is 85.9. The average molecular weight is 1060 g/mol. The smallest absolute Gasteiger partial charge is 0.306 e. The molecule has 0 saturated carbocycles. The molecule has 0 spiro atoms. The summed E-state index contributed by atoms with van der Waals surface area (Å²) >= 11 is 0. The number of carbonyl (C=O) groups excluding carboxylic acids is 3. The second-order valence-electron chi connectivity index (χ2n) is 21.3. The fourth-order valence-corrected chi connectivity index (χ4v) is 8.99. The molecular weight excluding hydrogens is 937 g/mol. The first kappa shape index (κ1) is 72.3. The molecule has 0 rings (SSSR count). The van der Waals surface area contributed by atoms with E-state index in [9.17, 15) is 14.4 Å². The Balaban J connectivity index is 4.26. The zero-order valence-corrected chi connectivity index (χ0v) is 50.0. The molecule has 76 heavy (non-hydrogen) atoms. The number of carbonyl (C=O) groups is 3. The minimum Gasteiger partial charge on any atom is -0.462 e. The van der Waals surface area contributed by atoms with Crippen molar-refractivity contribution >= 4 is 17.9 Å². The van der Waals surface area contributed by atoms with Gasteiger partial charge in [0.1, 0.15) is 13.2 Å². The summed E-state index contributed by atoms with van der Waals surface area (Å²) < 4.78 is 16.8. The van der Waals surface area contributed by atoms with Gasteiger partial charge in [0.2, 0.25) is 0 Å². The minimum atomic E-state index is -0.814. The summed E-state index contributed by atoms with van der Waals surface area (Å²) in [5.74, 6) is -0.995. The van der Waals surface area contributed by atoms with E-state index in [4.69, 9.17) is 14.2 Å². The fraction of sp³-hybridized carbons (Fsp3) is 0.729. The fourth-order valence-electron chi connectivity index (χ4n) is 8.99. The molecule has 0 amide bonds. The lowest BCUT2D eigenvalue weighted by Crippen LogP contribution is -2.30. The first-order valence-corrected chi connectivity index (χ1v) is 32.2. The van der Waals surface area contributed by atoms with Crippen LogP contribution in [-0.2, 0) is 28.6 Å². The number of hydrogen-bond acceptors (Lipinski definition) is 6. The SMILES string of the molecule is CC/C=C\C/C=C\C/C=C\C/C=C\CCC(=O)OCC(COC(=O)CCCCCCCCCCCCCCCCCCC/C=C\C/C=C\CCCCCCC)OC(=O)CCCCCCC/C=C\C/C=C\CCCCCC. The highest BCUT2D eigenvalue weighted by Crippen LogP contribution is 2.16. The van der Waals surface area contributed by atoms with Crippen LogP contribution in [0.2, 0.25) is 0 Å². The molecule has 6 nitrogen and oxygen atoms in total. The Hall–Kier alpha value is -3.67. The highest BCUT2D eigenvalue weighted by Gasteiger charge is 2.19. The molecule has 1 atom stereocenters. The molecule has 0 aliphatic heterocycles. The van der Waals surface area contributed by atoms with Gasteiger partial charge in [-0.3, -0.25) is 14.4 Å². The monoisotopic (exact) mass is 1060 g/mol. The van der Waals surface area contributed by atoms with Crippen LogP contribution < -0.4 is 0 Å². The van der Waals surface area contributed by atoms with Crippen LogP contribution in [0.15, 0.2) is 97.2 Å². The van der Waals surface area contributed by atoms with Gasteiger partial charge in [-0.1, -0.05) is 279 Å². The summed E-state index contributed by atoms with van der Waals surface area (Å²) in [4.78, 5) is 38.2. The number of allylic oxidation sites excluding steroid dienone is 16. The summed E-state index contributed by atoms with van der Waals surface area (Å²) in [5, 5.41) is 0. The van der Waals surface area contributed by atoms with Gasteiger partial charge in [-0.15, -0.1) is 0 Å². The molecule has 0 heterocycles. The molecule has 0 aromatic rings. The largest absolute Gasteiger partial charge is 0.462 e. The maximum absolute atomic E-state index is 12.9. The van der Waals surface area contributed by atoms with Crippen molar-refractivity contribution in [1.29, 1.82) is 0 Å². The molecule has 1 unspecified atom stereocenters. The van der Waals surface area contributed by atoms with Gasteiger partial charge >= 0.3 is 17.9 Å². The summed E-state index contributed by atoms with van der Waals surface area (Å²) in [5.41, 5.74) is 0. The summed E-state index contributed by atoms with van der Waals surface area (Å²) in [6, 6.07) is 0. The Morgan fingerprint density at radius 3 is 0.895 bits per heavy atom. The molecule has 0 aliphatic rings. The van der Waals surface area contributed by atoms with Gasteiger partial charge in [0, 0.05) is 19.3 Å². The number of ether oxygens (including phenoxy) is 3. The van der Waals surface area contributed by atoms with Gasteiger partial charge in [0.05, 0.1) is 0 Å². The Morgan fingerprint density at radius 2 is 0.539 bits per heavy atom. The van der Waals surface area contributed by atoms with Crippen LogP contribution in [-0.4, -0.2) is 37.2 Å². The number of rotatable bonds is 58. The van der Waals surface area contributed by atoms with Crippen LogP contribution in [0.5, 0.6) is 0 Å². The third-order valence-corrected chi connectivity index (χ3v) is 13.8. The van der Waals surface area contributed by atoms with Crippen LogP contribution in [0.25, 0.3) is 0 Å². The Kier molecular flexibility index (Phi) is 60.8. The van der Waals surface area contributed by atoms with E-state index in [-0.39, 0.29) is 37.5 Å². The van der Waals surface area contributed by atoms with E-state index in [1.165, 1.54) is 167 Å². The van der Waals surface area contributed by atoms with E-state index in [1.54, 1.807) is 0 Å². The first-order valence-electron chi connectivity index (χ1n) is 32.2. The van der Waals surface area contributed by atoms with Crippen molar-refractivity contribution in [3.8, 4) is 0 Å². The molecule has 6 heteroatoms. The van der Waals surface area contributed by atoms with Crippen molar-refractivity contribution < 1.29 is 28.6 Å². The zero-order chi connectivity index (χ0) is 55.0. The molecule has 0 saturated heterocycles. The van der Waals surface area contributed by atoms with Crippen molar-refractivity contribution in [2.24, 2.45) is 0 Å². The van der Waals surface area contributed by atoms with Crippen molar-refractivity contribution in [3.05, 3.63) is 97.2 Å². The van der Waals surface area contributed by atoms with E-state index >= 15 is 0 Å². The highest BCUT2D eigenvalue weighted by molar-refractivity contribution is 5.71. The van der Waals surface area contributed by atoms with Gasteiger partial charge in [-0.05, 0) is 109 Å².